The van der Waals surface area contributed by atoms with E-state index < -0.39 is 0 Å². The van der Waals surface area contributed by atoms with Gasteiger partial charge in [0.15, 0.2) is 0 Å². The number of hydrogen-bond donors (Lipinski definition) is 1. The quantitative estimate of drug-likeness (QED) is 0.423. The third-order valence-corrected chi connectivity index (χ3v) is 5.04. The maximum Gasteiger partial charge on any atom is 0.225 e. The number of hydrogen-bond acceptors (Lipinski definition) is 6. The Morgan fingerprint density at radius 3 is 2.30 bits per heavy atom. The minimum absolute atomic E-state index is 0.0713. The summed E-state index contributed by atoms with van der Waals surface area (Å²) in [6.45, 7) is 0. The fraction of sp³-hybridized carbons (Fsp3) is 0.0909. The Labute approximate surface area is 178 Å². The van der Waals surface area contributed by atoms with Crippen molar-refractivity contribution in [3.05, 3.63) is 84.9 Å². The first-order chi connectivity index (χ1) is 14.8. The Bertz CT molecular complexity index is 1090. The van der Waals surface area contributed by atoms with Crippen molar-refractivity contribution in [2.45, 2.75) is 11.6 Å². The van der Waals surface area contributed by atoms with Crippen molar-refractivity contribution >= 4 is 23.4 Å². The average Bonchev–Trinajstić information content (AvgIpc) is 3.25. The predicted molar refractivity (Wildman–Crippen MR) is 116 cm³/mol. The summed E-state index contributed by atoms with van der Waals surface area (Å²) in [5, 5.41) is 15.3. The highest BCUT2D eigenvalue weighted by Gasteiger charge is 2.10. The van der Waals surface area contributed by atoms with Crippen LogP contribution in [0.25, 0.3) is 5.69 Å². The molecule has 0 saturated carbocycles. The minimum atomic E-state index is -0.0713. The van der Waals surface area contributed by atoms with Crippen LogP contribution in [0.3, 0.4) is 0 Å². The molecule has 30 heavy (non-hydrogen) atoms. The number of tetrazole rings is 1. The monoisotopic (exact) mass is 417 g/mol. The molecule has 4 aromatic rings. The highest BCUT2D eigenvalue weighted by molar-refractivity contribution is 7.99. The second kappa shape index (κ2) is 9.71. The number of amides is 1. The SMILES string of the molecule is O=C(CCSc1nnnn1-c1ccccc1)Nc1ccc(Oc2ccccc2)cc1. The molecule has 0 spiro atoms. The molecule has 0 bridgehead atoms. The Morgan fingerprint density at radius 1 is 0.900 bits per heavy atom. The molecule has 0 aliphatic heterocycles. The first-order valence-electron chi connectivity index (χ1n) is 9.37. The summed E-state index contributed by atoms with van der Waals surface area (Å²) < 4.78 is 7.42. The zero-order chi connectivity index (χ0) is 20.6. The molecule has 1 aromatic heterocycles. The summed E-state index contributed by atoms with van der Waals surface area (Å²) in [5.74, 6) is 1.97. The van der Waals surface area contributed by atoms with Crippen LogP contribution in [0.5, 0.6) is 11.5 Å². The highest BCUT2D eigenvalue weighted by atomic mass is 32.2. The highest BCUT2D eigenvalue weighted by Crippen LogP contribution is 2.23. The molecule has 4 rings (SSSR count). The van der Waals surface area contributed by atoms with Gasteiger partial charge in [0, 0.05) is 17.9 Å². The second-order valence-electron chi connectivity index (χ2n) is 6.29. The molecule has 3 aromatic carbocycles. The van der Waals surface area contributed by atoms with Gasteiger partial charge < -0.3 is 10.1 Å². The number of anilines is 1. The van der Waals surface area contributed by atoms with Crippen molar-refractivity contribution in [1.29, 1.82) is 0 Å². The lowest BCUT2D eigenvalue weighted by Gasteiger charge is -2.08. The normalized spacial score (nSPS) is 10.5. The number of para-hydroxylation sites is 2. The molecule has 0 unspecified atom stereocenters. The lowest BCUT2D eigenvalue weighted by molar-refractivity contribution is -0.115. The molecule has 7 nitrogen and oxygen atoms in total. The van der Waals surface area contributed by atoms with E-state index in [2.05, 4.69) is 20.8 Å². The van der Waals surface area contributed by atoms with E-state index in [0.29, 0.717) is 23.1 Å². The lowest BCUT2D eigenvalue weighted by atomic mass is 10.3. The maximum atomic E-state index is 12.3. The van der Waals surface area contributed by atoms with Crippen LogP contribution in [0.2, 0.25) is 0 Å². The summed E-state index contributed by atoms with van der Waals surface area (Å²) >= 11 is 1.44. The van der Waals surface area contributed by atoms with Gasteiger partial charge in [0.05, 0.1) is 5.69 Å². The molecular weight excluding hydrogens is 398 g/mol. The van der Waals surface area contributed by atoms with E-state index in [1.54, 1.807) is 4.68 Å². The number of nitrogens with one attached hydrogen (secondary N) is 1. The molecule has 150 valence electrons. The van der Waals surface area contributed by atoms with Crippen LogP contribution in [-0.4, -0.2) is 31.9 Å². The van der Waals surface area contributed by atoms with Gasteiger partial charge in [0.1, 0.15) is 11.5 Å². The van der Waals surface area contributed by atoms with Gasteiger partial charge in [0.2, 0.25) is 11.1 Å². The standard InChI is InChI=1S/C22H19N5O2S/c28-21(15-16-30-22-24-25-26-27(22)18-7-3-1-4-8-18)23-17-11-13-20(14-12-17)29-19-9-5-2-6-10-19/h1-14H,15-16H2,(H,23,28). The lowest BCUT2D eigenvalue weighted by Crippen LogP contribution is -2.12. The second-order valence-corrected chi connectivity index (χ2v) is 7.36. The smallest absolute Gasteiger partial charge is 0.225 e. The van der Waals surface area contributed by atoms with E-state index in [1.807, 2.05) is 84.9 Å². The first-order valence-corrected chi connectivity index (χ1v) is 10.4. The molecule has 0 fully saturated rings. The zero-order valence-electron chi connectivity index (χ0n) is 16.0. The zero-order valence-corrected chi connectivity index (χ0v) is 16.8. The number of aromatic nitrogens is 4. The van der Waals surface area contributed by atoms with E-state index in [4.69, 9.17) is 4.74 Å². The molecule has 1 amide bonds. The third kappa shape index (κ3) is 5.24. The Hall–Kier alpha value is -3.65. The molecular formula is C22H19N5O2S. The van der Waals surface area contributed by atoms with Gasteiger partial charge in [-0.1, -0.05) is 48.2 Å². The van der Waals surface area contributed by atoms with Crippen LogP contribution in [0, 0.1) is 0 Å². The molecule has 1 heterocycles. The Morgan fingerprint density at radius 2 is 1.57 bits per heavy atom. The van der Waals surface area contributed by atoms with Crippen molar-refractivity contribution in [1.82, 2.24) is 20.2 Å². The van der Waals surface area contributed by atoms with Gasteiger partial charge in [-0.2, -0.15) is 4.68 Å². The molecule has 1 N–H and O–H groups in total. The minimum Gasteiger partial charge on any atom is -0.457 e. The average molecular weight is 417 g/mol. The number of carbonyl (C=O) groups excluding carboxylic acids is 1. The first kappa shape index (κ1) is 19.7. The summed E-state index contributed by atoms with van der Waals surface area (Å²) in [6.07, 6.45) is 0.342. The Kier molecular flexibility index (Phi) is 6.36. The largest absolute Gasteiger partial charge is 0.457 e. The van der Waals surface area contributed by atoms with Gasteiger partial charge in [-0.3, -0.25) is 4.79 Å². The summed E-state index contributed by atoms with van der Waals surface area (Å²) in [5.41, 5.74) is 1.60. The van der Waals surface area contributed by atoms with E-state index in [0.717, 1.165) is 17.1 Å². The van der Waals surface area contributed by atoms with E-state index in [1.165, 1.54) is 11.8 Å². The summed E-state index contributed by atoms with van der Waals surface area (Å²) in [7, 11) is 0. The van der Waals surface area contributed by atoms with Crippen LogP contribution in [0.15, 0.2) is 90.1 Å². The Balaban J connectivity index is 1.26. The van der Waals surface area contributed by atoms with Crippen LogP contribution < -0.4 is 10.1 Å². The fourth-order valence-electron chi connectivity index (χ4n) is 2.69. The van der Waals surface area contributed by atoms with Gasteiger partial charge in [0.25, 0.3) is 0 Å². The van der Waals surface area contributed by atoms with Crippen molar-refractivity contribution in [3.8, 4) is 17.2 Å². The summed E-state index contributed by atoms with van der Waals surface area (Å²) in [6, 6.07) is 26.5. The maximum absolute atomic E-state index is 12.3. The van der Waals surface area contributed by atoms with Crippen LogP contribution >= 0.6 is 11.8 Å². The van der Waals surface area contributed by atoms with Gasteiger partial charge in [-0.05, 0) is 59.0 Å². The fourth-order valence-corrected chi connectivity index (χ4v) is 3.52. The number of thioether (sulfide) groups is 1. The molecule has 8 heteroatoms. The van der Waals surface area contributed by atoms with Gasteiger partial charge in [-0.15, -0.1) is 5.10 Å². The molecule has 0 saturated heterocycles. The molecule has 0 radical (unpaired) electrons. The third-order valence-electron chi connectivity index (χ3n) is 4.12. The van der Waals surface area contributed by atoms with Crippen molar-refractivity contribution < 1.29 is 9.53 Å². The van der Waals surface area contributed by atoms with E-state index in [-0.39, 0.29) is 5.91 Å². The number of nitrogens with zero attached hydrogens (tertiary/aromatic N) is 4. The number of ether oxygens (including phenoxy) is 1. The van der Waals surface area contributed by atoms with Crippen molar-refractivity contribution in [2.24, 2.45) is 0 Å². The molecule has 0 aliphatic carbocycles. The van der Waals surface area contributed by atoms with Crippen LogP contribution in [-0.2, 0) is 4.79 Å². The van der Waals surface area contributed by atoms with Gasteiger partial charge >= 0.3 is 0 Å². The molecule has 0 atom stereocenters. The van der Waals surface area contributed by atoms with Crippen LogP contribution in [0.1, 0.15) is 6.42 Å². The topological polar surface area (TPSA) is 81.9 Å². The van der Waals surface area contributed by atoms with Gasteiger partial charge in [-0.25, -0.2) is 0 Å². The van der Waals surface area contributed by atoms with Crippen molar-refractivity contribution in [3.63, 3.8) is 0 Å². The predicted octanol–water partition coefficient (Wildman–Crippen LogP) is 4.58. The number of carbonyl (C=O) groups is 1. The van der Waals surface area contributed by atoms with E-state index in [9.17, 15) is 4.79 Å². The van der Waals surface area contributed by atoms with E-state index >= 15 is 0 Å². The molecule has 0 aliphatic rings. The number of benzene rings is 3. The van der Waals surface area contributed by atoms with Crippen molar-refractivity contribution in [2.75, 3.05) is 11.1 Å². The number of rotatable bonds is 8. The van der Waals surface area contributed by atoms with Crippen LogP contribution in [0.4, 0.5) is 5.69 Å². The summed E-state index contributed by atoms with van der Waals surface area (Å²) in [4.78, 5) is 12.3.